The SMILES string of the molecule is CC(C)(C)C(CCO)NC(=O)Cc1c(F)cccc1F. The molecule has 20 heavy (non-hydrogen) atoms. The largest absolute Gasteiger partial charge is 0.396 e. The van der Waals surface area contributed by atoms with Gasteiger partial charge in [-0.1, -0.05) is 26.8 Å². The lowest BCUT2D eigenvalue weighted by Gasteiger charge is -2.31. The summed E-state index contributed by atoms with van der Waals surface area (Å²) in [5.41, 5.74) is -0.478. The monoisotopic (exact) mass is 285 g/mol. The molecule has 0 bridgehead atoms. The van der Waals surface area contributed by atoms with Crippen LogP contribution in [0.1, 0.15) is 32.8 Å². The molecule has 0 spiro atoms. The van der Waals surface area contributed by atoms with Crippen molar-refractivity contribution in [3.8, 4) is 0 Å². The van der Waals surface area contributed by atoms with Crippen LogP contribution in [-0.2, 0) is 11.2 Å². The van der Waals surface area contributed by atoms with Gasteiger partial charge in [-0.05, 0) is 24.0 Å². The van der Waals surface area contributed by atoms with Crippen LogP contribution in [0.4, 0.5) is 8.78 Å². The van der Waals surface area contributed by atoms with Gasteiger partial charge in [0.25, 0.3) is 0 Å². The summed E-state index contributed by atoms with van der Waals surface area (Å²) < 4.78 is 26.9. The molecule has 0 heterocycles. The molecule has 0 radical (unpaired) electrons. The zero-order valence-corrected chi connectivity index (χ0v) is 12.0. The number of amides is 1. The van der Waals surface area contributed by atoms with Crippen molar-refractivity contribution in [3.63, 3.8) is 0 Å². The smallest absolute Gasteiger partial charge is 0.224 e. The van der Waals surface area contributed by atoms with E-state index in [1.54, 1.807) is 0 Å². The second-order valence-electron chi connectivity index (χ2n) is 5.88. The normalized spacial score (nSPS) is 13.1. The Bertz CT molecular complexity index is 449. The summed E-state index contributed by atoms with van der Waals surface area (Å²) in [6.07, 6.45) is 0.0471. The Kier molecular flexibility index (Phi) is 5.62. The van der Waals surface area contributed by atoms with Crippen molar-refractivity contribution in [2.45, 2.75) is 39.7 Å². The van der Waals surface area contributed by atoms with Crippen LogP contribution >= 0.6 is 0 Å². The number of benzene rings is 1. The molecular formula is C15H21F2NO2. The molecule has 112 valence electrons. The molecule has 0 aromatic heterocycles. The summed E-state index contributed by atoms with van der Waals surface area (Å²) in [7, 11) is 0. The molecule has 5 heteroatoms. The van der Waals surface area contributed by atoms with Crippen molar-refractivity contribution >= 4 is 5.91 Å². The second kappa shape index (κ2) is 6.79. The van der Waals surface area contributed by atoms with Crippen LogP contribution in [0, 0.1) is 17.0 Å². The summed E-state index contributed by atoms with van der Waals surface area (Å²) in [6.45, 7) is 5.72. The number of aliphatic hydroxyl groups is 1. The van der Waals surface area contributed by atoms with E-state index in [-0.39, 0.29) is 30.0 Å². The first kappa shape index (κ1) is 16.6. The van der Waals surface area contributed by atoms with Crippen molar-refractivity contribution in [1.29, 1.82) is 0 Å². The van der Waals surface area contributed by atoms with Crippen LogP contribution in [0.3, 0.4) is 0 Å². The predicted molar refractivity (Wildman–Crippen MR) is 73.2 cm³/mol. The van der Waals surface area contributed by atoms with E-state index in [0.29, 0.717) is 6.42 Å². The fourth-order valence-electron chi connectivity index (χ4n) is 1.96. The summed E-state index contributed by atoms with van der Waals surface area (Å²) in [5.74, 6) is -1.91. The first-order valence-corrected chi connectivity index (χ1v) is 6.59. The van der Waals surface area contributed by atoms with Crippen LogP contribution in [0.2, 0.25) is 0 Å². The molecule has 0 aliphatic carbocycles. The zero-order valence-electron chi connectivity index (χ0n) is 12.0. The van der Waals surface area contributed by atoms with Gasteiger partial charge in [0.1, 0.15) is 11.6 Å². The third-order valence-electron chi connectivity index (χ3n) is 3.20. The van der Waals surface area contributed by atoms with Gasteiger partial charge in [-0.2, -0.15) is 0 Å². The molecule has 1 unspecified atom stereocenters. The number of aliphatic hydroxyl groups excluding tert-OH is 1. The number of hydrogen-bond acceptors (Lipinski definition) is 2. The van der Waals surface area contributed by atoms with Gasteiger partial charge >= 0.3 is 0 Å². The Labute approximate surface area is 118 Å². The maximum Gasteiger partial charge on any atom is 0.224 e. The van der Waals surface area contributed by atoms with Crippen molar-refractivity contribution < 1.29 is 18.7 Å². The van der Waals surface area contributed by atoms with Crippen molar-refractivity contribution in [3.05, 3.63) is 35.4 Å². The van der Waals surface area contributed by atoms with Gasteiger partial charge in [-0.3, -0.25) is 4.79 Å². The topological polar surface area (TPSA) is 49.3 Å². The standard InChI is InChI=1S/C15H21F2NO2/c1-15(2,3)13(7-8-19)18-14(20)9-10-11(16)5-4-6-12(10)17/h4-6,13,19H,7-9H2,1-3H3,(H,18,20). The van der Waals surface area contributed by atoms with E-state index < -0.39 is 17.5 Å². The fraction of sp³-hybridized carbons (Fsp3) is 0.533. The van der Waals surface area contributed by atoms with Crippen molar-refractivity contribution in [2.75, 3.05) is 6.61 Å². The molecule has 2 N–H and O–H groups in total. The molecule has 0 fully saturated rings. The molecule has 1 aromatic carbocycles. The number of halogens is 2. The molecule has 1 aromatic rings. The van der Waals surface area contributed by atoms with Gasteiger partial charge in [-0.25, -0.2) is 8.78 Å². The number of nitrogens with one attached hydrogen (secondary N) is 1. The summed E-state index contributed by atoms with van der Waals surface area (Å²) in [4.78, 5) is 11.9. The molecule has 1 rings (SSSR count). The van der Waals surface area contributed by atoms with E-state index in [9.17, 15) is 13.6 Å². The quantitative estimate of drug-likeness (QED) is 0.873. The molecular weight excluding hydrogens is 264 g/mol. The Morgan fingerprint density at radius 3 is 2.30 bits per heavy atom. The Morgan fingerprint density at radius 2 is 1.85 bits per heavy atom. The van der Waals surface area contributed by atoms with Crippen LogP contribution in [0.5, 0.6) is 0 Å². The Balaban J connectivity index is 2.76. The highest BCUT2D eigenvalue weighted by Gasteiger charge is 2.26. The Hall–Kier alpha value is -1.49. The average molecular weight is 285 g/mol. The zero-order chi connectivity index (χ0) is 15.3. The first-order chi connectivity index (χ1) is 9.25. The third kappa shape index (κ3) is 4.56. The highest BCUT2D eigenvalue weighted by molar-refractivity contribution is 5.79. The minimum Gasteiger partial charge on any atom is -0.396 e. The van der Waals surface area contributed by atoms with Crippen molar-refractivity contribution in [2.24, 2.45) is 5.41 Å². The van der Waals surface area contributed by atoms with E-state index in [1.807, 2.05) is 20.8 Å². The maximum atomic E-state index is 13.5. The van der Waals surface area contributed by atoms with Crippen LogP contribution in [0.15, 0.2) is 18.2 Å². The summed E-state index contributed by atoms with van der Waals surface area (Å²) in [6, 6.07) is 3.26. The van der Waals surface area contributed by atoms with Gasteiger partial charge in [0.05, 0.1) is 6.42 Å². The fourth-order valence-corrected chi connectivity index (χ4v) is 1.96. The highest BCUT2D eigenvalue weighted by atomic mass is 19.1. The van der Waals surface area contributed by atoms with Gasteiger partial charge in [0, 0.05) is 18.2 Å². The Morgan fingerprint density at radius 1 is 1.30 bits per heavy atom. The van der Waals surface area contributed by atoms with Gasteiger partial charge in [0.15, 0.2) is 0 Å². The van der Waals surface area contributed by atoms with E-state index in [4.69, 9.17) is 5.11 Å². The predicted octanol–water partition coefficient (Wildman–Crippen LogP) is 2.42. The minimum absolute atomic E-state index is 0.0593. The first-order valence-electron chi connectivity index (χ1n) is 6.59. The van der Waals surface area contributed by atoms with Crippen LogP contribution in [-0.4, -0.2) is 23.7 Å². The lowest BCUT2D eigenvalue weighted by Crippen LogP contribution is -2.45. The third-order valence-corrected chi connectivity index (χ3v) is 3.20. The van der Waals surface area contributed by atoms with Crippen LogP contribution < -0.4 is 5.32 Å². The maximum absolute atomic E-state index is 13.5. The average Bonchev–Trinajstić information content (AvgIpc) is 2.32. The lowest BCUT2D eigenvalue weighted by atomic mass is 9.85. The number of carbonyl (C=O) groups excluding carboxylic acids is 1. The van der Waals surface area contributed by atoms with Gasteiger partial charge < -0.3 is 10.4 Å². The molecule has 1 atom stereocenters. The summed E-state index contributed by atoms with van der Waals surface area (Å²) in [5, 5.41) is 11.7. The van der Waals surface area contributed by atoms with Gasteiger partial charge in [0.2, 0.25) is 5.91 Å². The van der Waals surface area contributed by atoms with E-state index in [1.165, 1.54) is 6.07 Å². The minimum atomic E-state index is -0.727. The summed E-state index contributed by atoms with van der Waals surface area (Å²) >= 11 is 0. The van der Waals surface area contributed by atoms with E-state index in [2.05, 4.69) is 5.32 Å². The number of carbonyl (C=O) groups is 1. The van der Waals surface area contributed by atoms with Crippen LogP contribution in [0.25, 0.3) is 0 Å². The van der Waals surface area contributed by atoms with Crippen molar-refractivity contribution in [1.82, 2.24) is 5.32 Å². The van der Waals surface area contributed by atoms with E-state index in [0.717, 1.165) is 12.1 Å². The molecule has 0 aliphatic rings. The molecule has 1 amide bonds. The van der Waals surface area contributed by atoms with Gasteiger partial charge in [-0.15, -0.1) is 0 Å². The molecule has 0 saturated heterocycles. The molecule has 3 nitrogen and oxygen atoms in total. The molecule has 0 saturated carbocycles. The molecule has 0 aliphatic heterocycles. The number of rotatable bonds is 5. The lowest BCUT2D eigenvalue weighted by molar-refractivity contribution is -0.122. The highest BCUT2D eigenvalue weighted by Crippen LogP contribution is 2.22. The number of hydrogen-bond donors (Lipinski definition) is 2. The van der Waals surface area contributed by atoms with E-state index >= 15 is 0 Å². The second-order valence-corrected chi connectivity index (χ2v) is 5.88.